The van der Waals surface area contributed by atoms with Crippen molar-refractivity contribution in [3.8, 4) is 22.8 Å². The number of ether oxygens (including phenoxy) is 1. The number of nitrogens with two attached hydrogens (primary N) is 1. The van der Waals surface area contributed by atoms with Gasteiger partial charge in [0.05, 0.1) is 11.4 Å². The number of hydrogen-bond acceptors (Lipinski definition) is 7. The van der Waals surface area contributed by atoms with E-state index in [2.05, 4.69) is 26.0 Å². The molecule has 2 aromatic heterocycles. The standard InChI is InChI=1S/C23H17F5N6OS/c1-2-36-33-6-5-11(9-33)34-23-17(22(29)30-10-31-23)20(32-34)13-4-3-12(7-14(13)24)35-21-18(27)15(25)8-16(26)19(21)28/h2-4,7-8,10-11H,1,5-6,9H2,(H2,29,30,31)/t11-/m1/s1. The highest BCUT2D eigenvalue weighted by atomic mass is 32.2. The number of hydrogen-bond donors (Lipinski definition) is 1. The van der Waals surface area contributed by atoms with Gasteiger partial charge in [0.2, 0.25) is 17.4 Å². The Bertz CT molecular complexity index is 1470. The highest BCUT2D eigenvalue weighted by Gasteiger charge is 2.29. The molecule has 0 unspecified atom stereocenters. The topological polar surface area (TPSA) is 82.1 Å². The van der Waals surface area contributed by atoms with Crippen LogP contribution in [0.1, 0.15) is 12.5 Å². The van der Waals surface area contributed by atoms with Gasteiger partial charge in [0, 0.05) is 30.8 Å². The molecule has 7 nitrogen and oxygen atoms in total. The minimum Gasteiger partial charge on any atom is -0.451 e. The second-order valence-corrected chi connectivity index (χ2v) is 8.95. The van der Waals surface area contributed by atoms with Gasteiger partial charge >= 0.3 is 0 Å². The number of aromatic nitrogens is 4. The van der Waals surface area contributed by atoms with Crippen LogP contribution in [0.2, 0.25) is 0 Å². The molecule has 3 heterocycles. The van der Waals surface area contributed by atoms with Crippen molar-refractivity contribution in [2.45, 2.75) is 12.5 Å². The predicted octanol–water partition coefficient (Wildman–Crippen LogP) is 5.60. The molecule has 1 fully saturated rings. The zero-order valence-electron chi connectivity index (χ0n) is 18.4. The van der Waals surface area contributed by atoms with E-state index in [-0.39, 0.29) is 34.9 Å². The summed E-state index contributed by atoms with van der Waals surface area (Å²) < 4.78 is 78.9. The van der Waals surface area contributed by atoms with E-state index in [0.717, 1.165) is 19.0 Å². The lowest BCUT2D eigenvalue weighted by atomic mass is 10.1. The van der Waals surface area contributed by atoms with Crippen LogP contribution in [0, 0.1) is 29.1 Å². The summed E-state index contributed by atoms with van der Waals surface area (Å²) in [6.45, 7) is 5.15. The number of benzene rings is 2. The average molecular weight is 520 g/mol. The predicted molar refractivity (Wildman–Crippen MR) is 124 cm³/mol. The van der Waals surface area contributed by atoms with Crippen LogP contribution in [0.25, 0.3) is 22.3 Å². The van der Waals surface area contributed by atoms with Crippen molar-refractivity contribution in [1.82, 2.24) is 24.1 Å². The van der Waals surface area contributed by atoms with E-state index in [1.54, 1.807) is 10.1 Å². The third-order valence-corrected chi connectivity index (χ3v) is 6.48. The smallest absolute Gasteiger partial charge is 0.204 e. The van der Waals surface area contributed by atoms with Crippen molar-refractivity contribution in [2.24, 2.45) is 0 Å². The zero-order chi connectivity index (χ0) is 25.6. The van der Waals surface area contributed by atoms with Crippen LogP contribution < -0.4 is 10.5 Å². The van der Waals surface area contributed by atoms with Gasteiger partial charge in [-0.15, -0.1) is 0 Å². The van der Waals surface area contributed by atoms with Crippen LogP contribution in [0.4, 0.5) is 27.8 Å². The SMILES string of the molecule is C=CSN1CC[C@@H](n2nc(-c3ccc(Oc4c(F)c(F)cc(F)c4F)cc3F)c3c(N)ncnc32)C1. The first-order valence-corrected chi connectivity index (χ1v) is 11.4. The molecule has 186 valence electrons. The molecule has 0 aliphatic carbocycles. The van der Waals surface area contributed by atoms with Gasteiger partial charge in [0.15, 0.2) is 17.3 Å². The van der Waals surface area contributed by atoms with E-state index in [9.17, 15) is 17.6 Å². The summed E-state index contributed by atoms with van der Waals surface area (Å²) in [5.74, 6) is -9.28. The molecular weight excluding hydrogens is 503 g/mol. The van der Waals surface area contributed by atoms with Crippen molar-refractivity contribution in [3.63, 3.8) is 0 Å². The Morgan fingerprint density at radius 2 is 1.81 bits per heavy atom. The highest BCUT2D eigenvalue weighted by molar-refractivity contribution is 7.99. The van der Waals surface area contributed by atoms with E-state index >= 15 is 4.39 Å². The largest absolute Gasteiger partial charge is 0.451 e. The van der Waals surface area contributed by atoms with Crippen LogP contribution in [0.5, 0.6) is 11.5 Å². The number of fused-ring (bicyclic) bond motifs is 1. The minimum absolute atomic E-state index is 0.00529. The van der Waals surface area contributed by atoms with Gasteiger partial charge in [-0.2, -0.15) is 13.9 Å². The van der Waals surface area contributed by atoms with Crippen molar-refractivity contribution in [3.05, 3.63) is 71.7 Å². The molecule has 0 saturated carbocycles. The third-order valence-electron chi connectivity index (χ3n) is 5.70. The molecule has 0 amide bonds. The summed E-state index contributed by atoms with van der Waals surface area (Å²) in [6.07, 6.45) is 2.05. The van der Waals surface area contributed by atoms with Gasteiger partial charge in [0.1, 0.15) is 29.4 Å². The maximum absolute atomic E-state index is 15.2. The summed E-state index contributed by atoms with van der Waals surface area (Å²) >= 11 is 1.48. The second kappa shape index (κ2) is 9.39. The first-order chi connectivity index (χ1) is 17.3. The fraction of sp³-hybridized carbons (Fsp3) is 0.174. The number of halogens is 5. The molecule has 0 bridgehead atoms. The van der Waals surface area contributed by atoms with Crippen molar-refractivity contribution < 1.29 is 26.7 Å². The molecule has 36 heavy (non-hydrogen) atoms. The maximum atomic E-state index is 15.2. The average Bonchev–Trinajstić information content (AvgIpc) is 3.46. The Morgan fingerprint density at radius 3 is 2.50 bits per heavy atom. The van der Waals surface area contributed by atoms with Gasteiger partial charge < -0.3 is 10.5 Å². The van der Waals surface area contributed by atoms with Gasteiger partial charge in [-0.05, 0) is 24.0 Å². The highest BCUT2D eigenvalue weighted by Crippen LogP contribution is 2.38. The Labute approximate surface area is 205 Å². The first kappa shape index (κ1) is 24.0. The number of anilines is 1. The molecule has 1 aliphatic heterocycles. The van der Waals surface area contributed by atoms with Crippen LogP contribution >= 0.6 is 11.9 Å². The normalized spacial score (nSPS) is 16.1. The summed E-state index contributed by atoms with van der Waals surface area (Å²) in [4.78, 5) is 8.31. The maximum Gasteiger partial charge on any atom is 0.204 e. The second-order valence-electron chi connectivity index (χ2n) is 7.89. The van der Waals surface area contributed by atoms with Gasteiger partial charge in [0.25, 0.3) is 0 Å². The van der Waals surface area contributed by atoms with E-state index in [1.165, 1.54) is 30.4 Å². The quantitative estimate of drug-likeness (QED) is 0.201. The van der Waals surface area contributed by atoms with Crippen molar-refractivity contribution in [1.29, 1.82) is 0 Å². The fourth-order valence-corrected chi connectivity index (χ4v) is 4.74. The fourth-order valence-electron chi connectivity index (χ4n) is 4.06. The third kappa shape index (κ3) is 4.13. The molecule has 1 saturated heterocycles. The molecule has 1 atom stereocenters. The molecule has 2 N–H and O–H groups in total. The summed E-state index contributed by atoms with van der Waals surface area (Å²) in [6, 6.07) is 3.24. The summed E-state index contributed by atoms with van der Waals surface area (Å²) in [5.41, 5.74) is 6.67. The zero-order valence-corrected chi connectivity index (χ0v) is 19.2. The van der Waals surface area contributed by atoms with Crippen LogP contribution in [0.3, 0.4) is 0 Å². The Morgan fingerprint density at radius 1 is 1.06 bits per heavy atom. The van der Waals surface area contributed by atoms with E-state index in [4.69, 9.17) is 10.5 Å². The molecule has 13 heteroatoms. The molecule has 1 aliphatic rings. The molecule has 4 aromatic rings. The van der Waals surface area contributed by atoms with E-state index in [0.29, 0.717) is 17.6 Å². The minimum atomic E-state index is -1.74. The van der Waals surface area contributed by atoms with Crippen LogP contribution in [-0.2, 0) is 0 Å². The molecule has 5 rings (SSSR count). The lowest BCUT2D eigenvalue weighted by Crippen LogP contribution is -2.15. The Kier molecular flexibility index (Phi) is 6.26. The van der Waals surface area contributed by atoms with E-state index in [1.807, 2.05) is 0 Å². The van der Waals surface area contributed by atoms with Crippen LogP contribution in [-0.4, -0.2) is 37.1 Å². The van der Waals surface area contributed by atoms with Crippen molar-refractivity contribution in [2.75, 3.05) is 18.8 Å². The number of nitrogens with zero attached hydrogens (tertiary/aromatic N) is 5. The number of nitrogen functional groups attached to an aromatic ring is 1. The molecule has 0 radical (unpaired) electrons. The molecule has 2 aromatic carbocycles. The van der Waals surface area contributed by atoms with Gasteiger partial charge in [-0.25, -0.2) is 32.1 Å². The lowest BCUT2D eigenvalue weighted by molar-refractivity contribution is 0.365. The molecular formula is C23H17F5N6OS. The number of rotatable bonds is 6. The van der Waals surface area contributed by atoms with Crippen molar-refractivity contribution >= 4 is 28.8 Å². The Balaban J connectivity index is 1.54. The van der Waals surface area contributed by atoms with Gasteiger partial charge in [-0.1, -0.05) is 18.5 Å². The summed E-state index contributed by atoms with van der Waals surface area (Å²) in [5, 5.41) is 6.66. The first-order valence-electron chi connectivity index (χ1n) is 10.6. The van der Waals surface area contributed by atoms with Gasteiger partial charge in [-0.3, -0.25) is 0 Å². The summed E-state index contributed by atoms with van der Waals surface area (Å²) in [7, 11) is 0. The van der Waals surface area contributed by atoms with E-state index < -0.39 is 34.8 Å². The molecule has 0 spiro atoms. The monoisotopic (exact) mass is 520 g/mol. The van der Waals surface area contributed by atoms with Crippen LogP contribution in [0.15, 0.2) is 42.6 Å². The Hall–Kier alpha value is -3.71. The lowest BCUT2D eigenvalue weighted by Gasteiger charge is -2.13.